The Hall–Kier alpha value is -3.71. The van der Waals surface area contributed by atoms with Crippen LogP contribution in [-0.4, -0.2) is 47.7 Å². The van der Waals surface area contributed by atoms with Gasteiger partial charge in [-0.05, 0) is 62.5 Å². The number of hydrogen-bond acceptors (Lipinski definition) is 5. The molecule has 3 rings (SSSR count). The summed E-state index contributed by atoms with van der Waals surface area (Å²) in [7, 11) is 0. The Morgan fingerprint density at radius 1 is 0.907 bits per heavy atom. The predicted molar refractivity (Wildman–Crippen MR) is 170 cm³/mol. The fourth-order valence-electron chi connectivity index (χ4n) is 5.81. The number of hydrogen-bond donors (Lipinski definition) is 3. The number of ether oxygens (including phenoxy) is 1. The number of unbranched alkanes of at least 4 members (excludes halogenated alkanes) is 1. The van der Waals surface area contributed by atoms with Crippen molar-refractivity contribution >= 4 is 17.8 Å². The van der Waals surface area contributed by atoms with Gasteiger partial charge in [0.05, 0.1) is 30.0 Å². The zero-order valence-electron chi connectivity index (χ0n) is 25.3. The molecule has 0 saturated heterocycles. The Balaban J connectivity index is 1.60. The van der Waals surface area contributed by atoms with Gasteiger partial charge in [-0.2, -0.15) is 0 Å². The fourth-order valence-corrected chi connectivity index (χ4v) is 5.81. The van der Waals surface area contributed by atoms with Crippen LogP contribution in [-0.2, 0) is 32.0 Å². The zero-order chi connectivity index (χ0) is 30.9. The molecule has 7 heteroatoms. The van der Waals surface area contributed by atoms with E-state index in [4.69, 9.17) is 4.74 Å². The molecule has 0 radical (unpaired) electrons. The minimum absolute atomic E-state index is 0.0263. The van der Waals surface area contributed by atoms with Crippen molar-refractivity contribution < 1.29 is 24.2 Å². The van der Waals surface area contributed by atoms with E-state index in [1.165, 1.54) is 0 Å². The van der Waals surface area contributed by atoms with Crippen LogP contribution >= 0.6 is 0 Å². The smallest absolute Gasteiger partial charge is 0.309 e. The molecule has 0 aromatic heterocycles. The molecule has 3 N–H and O–H groups in total. The van der Waals surface area contributed by atoms with Gasteiger partial charge in [0.1, 0.15) is 6.61 Å². The molecule has 3 atom stereocenters. The molecule has 43 heavy (non-hydrogen) atoms. The molecular weight excluding hydrogens is 540 g/mol. The quantitative estimate of drug-likeness (QED) is 0.115. The molecule has 0 unspecified atom stereocenters. The van der Waals surface area contributed by atoms with Gasteiger partial charge in [-0.15, -0.1) is 13.2 Å². The second kappa shape index (κ2) is 18.1. The summed E-state index contributed by atoms with van der Waals surface area (Å²) in [6.45, 7) is 7.49. The van der Waals surface area contributed by atoms with Gasteiger partial charge in [0.2, 0.25) is 11.8 Å². The fraction of sp³-hybridized carbons (Fsp3) is 0.472. The molecule has 0 heterocycles. The maximum absolute atomic E-state index is 13.5. The summed E-state index contributed by atoms with van der Waals surface area (Å²) in [5.74, 6) is -1.69. The summed E-state index contributed by atoms with van der Waals surface area (Å²) in [5, 5.41) is 15.9. The molecule has 2 aromatic rings. The number of aliphatic hydroxyl groups is 1. The number of carbonyl (C=O) groups is 3. The number of nitrogens with one attached hydrogen (secondary N) is 2. The van der Waals surface area contributed by atoms with Crippen LogP contribution in [0.25, 0.3) is 0 Å². The van der Waals surface area contributed by atoms with E-state index in [-0.39, 0.29) is 43.3 Å². The number of aliphatic hydroxyl groups excluding tert-OH is 1. The Kier molecular flexibility index (Phi) is 14.2. The van der Waals surface area contributed by atoms with Gasteiger partial charge in [-0.3, -0.25) is 14.4 Å². The second-order valence-electron chi connectivity index (χ2n) is 11.8. The number of allylic oxidation sites excluding steroid dienone is 2. The number of benzene rings is 2. The van der Waals surface area contributed by atoms with Crippen LogP contribution in [0.4, 0.5) is 0 Å². The van der Waals surface area contributed by atoms with Crippen LogP contribution in [0.3, 0.4) is 0 Å². The number of carbonyl (C=O) groups excluding carboxylic acids is 3. The van der Waals surface area contributed by atoms with Crippen LogP contribution in [0.1, 0.15) is 68.9 Å². The highest BCUT2D eigenvalue weighted by Crippen LogP contribution is 2.31. The Morgan fingerprint density at radius 3 is 2.12 bits per heavy atom. The topological polar surface area (TPSA) is 105 Å². The highest BCUT2D eigenvalue weighted by molar-refractivity contribution is 5.86. The summed E-state index contributed by atoms with van der Waals surface area (Å²) in [6.07, 6.45) is 10.6. The van der Waals surface area contributed by atoms with Crippen LogP contribution in [0.15, 0.2) is 86.0 Å². The van der Waals surface area contributed by atoms with Crippen molar-refractivity contribution in [3.63, 3.8) is 0 Å². The van der Waals surface area contributed by atoms with Crippen molar-refractivity contribution in [1.82, 2.24) is 10.6 Å². The first-order valence-electron chi connectivity index (χ1n) is 15.6. The lowest BCUT2D eigenvalue weighted by Crippen LogP contribution is -2.53. The Bertz CT molecular complexity index is 1160. The third-order valence-electron chi connectivity index (χ3n) is 8.22. The normalized spacial score (nSPS) is 15.9. The van der Waals surface area contributed by atoms with Crippen molar-refractivity contribution in [2.24, 2.45) is 11.8 Å². The van der Waals surface area contributed by atoms with Crippen molar-refractivity contribution in [2.75, 3.05) is 13.2 Å². The molecule has 2 aromatic carbocycles. The number of amides is 2. The first kappa shape index (κ1) is 33.8. The molecule has 0 bridgehead atoms. The summed E-state index contributed by atoms with van der Waals surface area (Å²) in [5.41, 5.74) is 1.44. The predicted octanol–water partition coefficient (Wildman–Crippen LogP) is 5.48. The van der Waals surface area contributed by atoms with Gasteiger partial charge >= 0.3 is 5.97 Å². The van der Waals surface area contributed by atoms with Crippen molar-refractivity contribution in [2.45, 2.75) is 82.2 Å². The van der Waals surface area contributed by atoms with Crippen LogP contribution in [0, 0.1) is 11.8 Å². The van der Waals surface area contributed by atoms with Gasteiger partial charge in [0.15, 0.2) is 0 Å². The lowest BCUT2D eigenvalue weighted by atomic mass is 9.93. The summed E-state index contributed by atoms with van der Waals surface area (Å²) in [4.78, 5) is 39.8. The molecule has 2 amide bonds. The average Bonchev–Trinajstić information content (AvgIpc) is 3.48. The molecule has 0 aliphatic heterocycles. The van der Waals surface area contributed by atoms with Crippen molar-refractivity contribution in [3.05, 3.63) is 97.1 Å². The largest absolute Gasteiger partial charge is 0.463 e. The van der Waals surface area contributed by atoms with Gasteiger partial charge in [-0.1, -0.05) is 85.7 Å². The van der Waals surface area contributed by atoms with E-state index in [1.54, 1.807) is 6.08 Å². The molecule has 1 aliphatic carbocycles. The molecule has 232 valence electrons. The lowest BCUT2D eigenvalue weighted by molar-refractivity contribution is -0.152. The highest BCUT2D eigenvalue weighted by atomic mass is 16.5. The zero-order valence-corrected chi connectivity index (χ0v) is 25.3. The van der Waals surface area contributed by atoms with E-state index in [0.29, 0.717) is 38.5 Å². The molecular formula is C36H48N2O5. The van der Waals surface area contributed by atoms with E-state index in [9.17, 15) is 19.5 Å². The SMILES string of the molecule is C=CCCC[C@H](Cc1ccccc1)C(=O)OCC1(NC(=O)[C@H](CC=C)CC(=O)N[C@@H](CO)Cc2ccccc2)CCCC1. The maximum atomic E-state index is 13.5. The first-order valence-corrected chi connectivity index (χ1v) is 15.6. The molecule has 1 aliphatic rings. The van der Waals surface area contributed by atoms with Gasteiger partial charge < -0.3 is 20.5 Å². The van der Waals surface area contributed by atoms with Gasteiger partial charge in [0.25, 0.3) is 0 Å². The average molecular weight is 589 g/mol. The molecule has 7 nitrogen and oxygen atoms in total. The number of rotatable bonds is 19. The van der Waals surface area contributed by atoms with E-state index < -0.39 is 17.5 Å². The van der Waals surface area contributed by atoms with E-state index in [2.05, 4.69) is 23.8 Å². The third-order valence-corrected chi connectivity index (χ3v) is 8.22. The van der Waals surface area contributed by atoms with Crippen molar-refractivity contribution in [1.29, 1.82) is 0 Å². The Labute approximate surface area is 256 Å². The van der Waals surface area contributed by atoms with Gasteiger partial charge in [-0.25, -0.2) is 0 Å². The monoisotopic (exact) mass is 588 g/mol. The summed E-state index contributed by atoms with van der Waals surface area (Å²) < 4.78 is 5.93. The number of esters is 1. The third kappa shape index (κ3) is 11.5. The maximum Gasteiger partial charge on any atom is 0.309 e. The molecule has 1 fully saturated rings. The van der Waals surface area contributed by atoms with Crippen molar-refractivity contribution in [3.8, 4) is 0 Å². The second-order valence-corrected chi connectivity index (χ2v) is 11.8. The molecule has 1 saturated carbocycles. The molecule has 0 spiro atoms. The van der Waals surface area contributed by atoms with E-state index in [0.717, 1.165) is 36.8 Å². The standard InChI is InChI=1S/C36H48N2O5/c1-3-5-8-20-31(23-28-16-9-6-10-17-28)35(42)43-27-36(21-13-14-22-36)38-34(41)30(15-4-2)25-33(40)37-32(26-39)24-29-18-11-7-12-19-29/h3-4,6-7,9-12,16-19,30-32,39H,1-2,5,8,13-15,20-27H2,(H,37,40)(H,38,41)/t30-,31-,32-/m1/s1. The summed E-state index contributed by atoms with van der Waals surface area (Å²) in [6, 6.07) is 19.1. The van der Waals surface area contributed by atoms with Crippen LogP contribution in [0.5, 0.6) is 0 Å². The lowest BCUT2D eigenvalue weighted by Gasteiger charge is -2.32. The van der Waals surface area contributed by atoms with Gasteiger partial charge in [0, 0.05) is 6.42 Å². The minimum Gasteiger partial charge on any atom is -0.463 e. The minimum atomic E-state index is -0.651. The van der Waals surface area contributed by atoms with E-state index in [1.807, 2.05) is 66.7 Å². The van der Waals surface area contributed by atoms with E-state index >= 15 is 0 Å². The highest BCUT2D eigenvalue weighted by Gasteiger charge is 2.39. The summed E-state index contributed by atoms with van der Waals surface area (Å²) >= 11 is 0. The van der Waals surface area contributed by atoms with Crippen LogP contribution in [0.2, 0.25) is 0 Å². The van der Waals surface area contributed by atoms with Crippen LogP contribution < -0.4 is 10.6 Å². The first-order chi connectivity index (χ1) is 20.9. The Morgan fingerprint density at radius 2 is 1.53 bits per heavy atom.